The van der Waals surface area contributed by atoms with Gasteiger partial charge in [-0.3, -0.25) is 0 Å². The van der Waals surface area contributed by atoms with Crippen LogP contribution in [0.1, 0.15) is 0 Å². The lowest BCUT2D eigenvalue weighted by Gasteiger charge is -2.12. The first-order chi connectivity index (χ1) is 16.7. The van der Waals surface area contributed by atoms with Gasteiger partial charge in [0.2, 0.25) is 0 Å². The molecule has 0 bridgehead atoms. The summed E-state index contributed by atoms with van der Waals surface area (Å²) >= 11 is 0. The summed E-state index contributed by atoms with van der Waals surface area (Å²) in [6, 6.07) is 34.5. The number of benzene rings is 4. The quantitative estimate of drug-likeness (QED) is 0.305. The molecule has 0 amide bonds. The first kappa shape index (κ1) is 19.9. The highest BCUT2D eigenvalue weighted by Crippen LogP contribution is 2.38. The van der Waals surface area contributed by atoms with Gasteiger partial charge in [-0.25, -0.2) is 9.97 Å². The van der Waals surface area contributed by atoms with Gasteiger partial charge in [0.15, 0.2) is 0 Å². The van der Waals surface area contributed by atoms with E-state index in [1.165, 1.54) is 0 Å². The molecule has 4 nitrogen and oxygen atoms in total. The molecule has 0 radical (unpaired) electrons. The Morgan fingerprint density at radius 3 is 1.26 bits per heavy atom. The predicted molar refractivity (Wildman–Crippen MR) is 137 cm³/mol. The van der Waals surface area contributed by atoms with Crippen LogP contribution in [0.15, 0.2) is 109 Å². The Labute approximate surface area is 196 Å². The highest BCUT2D eigenvalue weighted by Gasteiger charge is 2.14. The van der Waals surface area contributed by atoms with Crippen molar-refractivity contribution in [2.45, 2.75) is 0 Å². The number of phenolic OH excluding ortho intramolecular Hbond substituents is 2. The van der Waals surface area contributed by atoms with Crippen LogP contribution in [-0.2, 0) is 0 Å². The number of phenols is 2. The Balaban J connectivity index is 1.50. The lowest BCUT2D eigenvalue weighted by atomic mass is 9.99. The number of aromatic hydroxyl groups is 2. The molecule has 0 fully saturated rings. The third kappa shape index (κ3) is 3.33. The first-order valence-corrected chi connectivity index (χ1v) is 11.1. The number of hydrogen-bond acceptors (Lipinski definition) is 4. The number of rotatable bonds is 3. The van der Waals surface area contributed by atoms with Crippen LogP contribution in [0.3, 0.4) is 0 Å². The molecule has 2 N–H and O–H groups in total. The standard InChI is InChI=1S/C30H20N2O2/c33-27-17-15-19-7-1-3-9-21(19)29(27)25-13-5-11-23(31-25)24-12-6-14-26(32-24)30-22-10-4-2-8-20(22)16-18-28(30)34/h1-18,33-34H. The highest BCUT2D eigenvalue weighted by atomic mass is 16.3. The molecular weight excluding hydrogens is 420 g/mol. The van der Waals surface area contributed by atoms with Crippen LogP contribution >= 0.6 is 0 Å². The van der Waals surface area contributed by atoms with E-state index in [4.69, 9.17) is 9.97 Å². The van der Waals surface area contributed by atoms with Crippen molar-refractivity contribution < 1.29 is 10.2 Å². The molecule has 0 saturated carbocycles. The molecule has 2 aromatic heterocycles. The maximum absolute atomic E-state index is 10.7. The Bertz CT molecular complexity index is 1560. The zero-order valence-corrected chi connectivity index (χ0v) is 18.2. The lowest BCUT2D eigenvalue weighted by molar-refractivity contribution is 0.477. The second kappa shape index (κ2) is 8.01. The second-order valence-electron chi connectivity index (χ2n) is 8.18. The number of fused-ring (bicyclic) bond motifs is 2. The molecule has 6 rings (SSSR count). The molecule has 2 heterocycles. The summed E-state index contributed by atoms with van der Waals surface area (Å²) in [4.78, 5) is 9.72. The van der Waals surface area contributed by atoms with Gasteiger partial charge < -0.3 is 10.2 Å². The molecule has 6 aromatic rings. The largest absolute Gasteiger partial charge is 0.507 e. The Morgan fingerprint density at radius 1 is 0.382 bits per heavy atom. The zero-order valence-electron chi connectivity index (χ0n) is 18.2. The van der Waals surface area contributed by atoms with E-state index in [1.807, 2.05) is 97.1 Å². The fraction of sp³-hybridized carbons (Fsp3) is 0. The van der Waals surface area contributed by atoms with Gasteiger partial charge in [-0.15, -0.1) is 0 Å². The van der Waals surface area contributed by atoms with E-state index in [2.05, 4.69) is 0 Å². The normalized spacial score (nSPS) is 11.2. The molecule has 0 aliphatic rings. The maximum atomic E-state index is 10.7. The fourth-order valence-corrected chi connectivity index (χ4v) is 4.49. The summed E-state index contributed by atoms with van der Waals surface area (Å²) in [7, 11) is 0. The minimum absolute atomic E-state index is 0.186. The molecule has 0 aliphatic carbocycles. The van der Waals surface area contributed by atoms with Crippen LogP contribution in [-0.4, -0.2) is 20.2 Å². The van der Waals surface area contributed by atoms with E-state index >= 15 is 0 Å². The van der Waals surface area contributed by atoms with E-state index in [-0.39, 0.29) is 11.5 Å². The molecule has 4 aromatic carbocycles. The zero-order chi connectivity index (χ0) is 23.1. The van der Waals surface area contributed by atoms with Crippen molar-refractivity contribution in [2.75, 3.05) is 0 Å². The summed E-state index contributed by atoms with van der Waals surface area (Å²) < 4.78 is 0. The molecule has 0 atom stereocenters. The number of hydrogen-bond donors (Lipinski definition) is 2. The Kier molecular flexibility index (Phi) is 4.70. The molecule has 162 valence electrons. The maximum Gasteiger partial charge on any atom is 0.125 e. The predicted octanol–water partition coefficient (Wildman–Crippen LogP) is 7.20. The summed E-state index contributed by atoms with van der Waals surface area (Å²) in [5.41, 5.74) is 4.11. The third-order valence-electron chi connectivity index (χ3n) is 6.09. The lowest BCUT2D eigenvalue weighted by Crippen LogP contribution is -1.93. The van der Waals surface area contributed by atoms with Crippen LogP contribution in [0.25, 0.3) is 55.4 Å². The van der Waals surface area contributed by atoms with E-state index in [0.717, 1.165) is 21.5 Å². The van der Waals surface area contributed by atoms with Gasteiger partial charge >= 0.3 is 0 Å². The van der Waals surface area contributed by atoms with Crippen molar-refractivity contribution in [3.8, 4) is 45.4 Å². The number of nitrogens with zero attached hydrogens (tertiary/aromatic N) is 2. The smallest absolute Gasteiger partial charge is 0.125 e. The van der Waals surface area contributed by atoms with Crippen LogP contribution in [0.4, 0.5) is 0 Å². The summed E-state index contributed by atoms with van der Waals surface area (Å²) in [6.45, 7) is 0. The summed E-state index contributed by atoms with van der Waals surface area (Å²) in [5, 5.41) is 25.3. The molecular formula is C30H20N2O2. The van der Waals surface area contributed by atoms with Crippen LogP contribution in [0.2, 0.25) is 0 Å². The van der Waals surface area contributed by atoms with Crippen molar-refractivity contribution in [1.29, 1.82) is 0 Å². The van der Waals surface area contributed by atoms with Gasteiger partial charge in [-0.2, -0.15) is 0 Å². The van der Waals surface area contributed by atoms with Crippen molar-refractivity contribution in [2.24, 2.45) is 0 Å². The van der Waals surface area contributed by atoms with Gasteiger partial charge in [0.25, 0.3) is 0 Å². The first-order valence-electron chi connectivity index (χ1n) is 11.1. The average molecular weight is 441 g/mol. The minimum atomic E-state index is 0.186. The Hall–Kier alpha value is -4.70. The fourth-order valence-electron chi connectivity index (χ4n) is 4.49. The SMILES string of the molecule is Oc1ccc2ccccc2c1-c1cccc(-c2cccc(-c3c(O)ccc4ccccc34)n2)n1. The minimum Gasteiger partial charge on any atom is -0.507 e. The molecule has 0 spiro atoms. The van der Waals surface area contributed by atoms with E-state index < -0.39 is 0 Å². The van der Waals surface area contributed by atoms with Crippen molar-refractivity contribution in [1.82, 2.24) is 9.97 Å². The number of pyridine rings is 2. The van der Waals surface area contributed by atoms with Crippen molar-refractivity contribution in [3.05, 3.63) is 109 Å². The second-order valence-corrected chi connectivity index (χ2v) is 8.18. The average Bonchev–Trinajstić information content (AvgIpc) is 2.89. The van der Waals surface area contributed by atoms with Gasteiger partial charge in [0.1, 0.15) is 11.5 Å². The van der Waals surface area contributed by atoms with Crippen LogP contribution in [0.5, 0.6) is 11.5 Å². The topological polar surface area (TPSA) is 66.2 Å². The van der Waals surface area contributed by atoms with Crippen molar-refractivity contribution >= 4 is 21.5 Å². The van der Waals surface area contributed by atoms with Crippen LogP contribution < -0.4 is 0 Å². The highest BCUT2D eigenvalue weighted by molar-refractivity contribution is 6.00. The molecule has 4 heteroatoms. The molecule has 0 unspecified atom stereocenters. The van der Waals surface area contributed by atoms with E-state index in [9.17, 15) is 10.2 Å². The summed E-state index contributed by atoms with van der Waals surface area (Å²) in [5.74, 6) is 0.372. The Morgan fingerprint density at radius 2 is 0.794 bits per heavy atom. The van der Waals surface area contributed by atoms with Crippen molar-refractivity contribution in [3.63, 3.8) is 0 Å². The van der Waals surface area contributed by atoms with Gasteiger partial charge in [0, 0.05) is 11.1 Å². The molecule has 0 saturated heterocycles. The number of aromatic nitrogens is 2. The third-order valence-corrected chi connectivity index (χ3v) is 6.09. The van der Waals surface area contributed by atoms with Gasteiger partial charge in [0.05, 0.1) is 22.8 Å². The van der Waals surface area contributed by atoms with E-state index in [1.54, 1.807) is 12.1 Å². The molecule has 0 aliphatic heterocycles. The van der Waals surface area contributed by atoms with E-state index in [0.29, 0.717) is 33.9 Å². The van der Waals surface area contributed by atoms with Crippen LogP contribution in [0, 0.1) is 0 Å². The molecule has 34 heavy (non-hydrogen) atoms. The summed E-state index contributed by atoms with van der Waals surface area (Å²) in [6.07, 6.45) is 0. The monoisotopic (exact) mass is 440 g/mol. The van der Waals surface area contributed by atoms with Gasteiger partial charge in [-0.05, 0) is 57.9 Å². The van der Waals surface area contributed by atoms with Gasteiger partial charge in [-0.1, -0.05) is 72.8 Å².